The molecule has 1 saturated carbocycles. The number of likely N-dealkylation sites (tertiary alicyclic amines) is 1. The molecular weight excluding hydrogens is 276 g/mol. The Bertz CT molecular complexity index is 584. The number of nitrogens with zero attached hydrogens (tertiary/aromatic N) is 2. The smallest absolute Gasteiger partial charge is 0.228 e. The average Bonchev–Trinajstić information content (AvgIpc) is 3.20. The summed E-state index contributed by atoms with van der Waals surface area (Å²) in [5.74, 6) is 0.727. The zero-order valence-electron chi connectivity index (χ0n) is 13.0. The van der Waals surface area contributed by atoms with Crippen LogP contribution in [0.15, 0.2) is 24.3 Å². The Labute approximate surface area is 131 Å². The summed E-state index contributed by atoms with van der Waals surface area (Å²) < 4.78 is 0. The summed E-state index contributed by atoms with van der Waals surface area (Å²) in [7, 11) is 0. The van der Waals surface area contributed by atoms with Crippen LogP contribution in [0.2, 0.25) is 0 Å². The first kappa shape index (κ1) is 14.2. The summed E-state index contributed by atoms with van der Waals surface area (Å²) >= 11 is 0. The summed E-state index contributed by atoms with van der Waals surface area (Å²) in [4.78, 5) is 16.7. The zero-order valence-corrected chi connectivity index (χ0v) is 13.0. The number of rotatable bonds is 4. The van der Waals surface area contributed by atoms with E-state index in [-0.39, 0.29) is 5.91 Å². The molecule has 1 aliphatic carbocycles. The number of β-amino-alcohol motifs (C(OH)–C–C–N with tert-alkyl or cyclic N) is 1. The minimum atomic E-state index is -0.469. The lowest BCUT2D eigenvalue weighted by atomic mass is 9.97. The Morgan fingerprint density at radius 3 is 2.91 bits per heavy atom. The van der Waals surface area contributed by atoms with Crippen molar-refractivity contribution in [3.8, 4) is 0 Å². The molecule has 1 N–H and O–H groups in total. The maximum Gasteiger partial charge on any atom is 0.228 e. The fraction of sp³-hybridized carbons (Fsp3) is 0.611. The number of para-hydroxylation sites is 1. The first-order chi connectivity index (χ1) is 10.7. The maximum absolute atomic E-state index is 12.5. The fourth-order valence-electron chi connectivity index (χ4n) is 4.03. The molecule has 2 aliphatic heterocycles. The van der Waals surface area contributed by atoms with Gasteiger partial charge in [-0.15, -0.1) is 0 Å². The summed E-state index contributed by atoms with van der Waals surface area (Å²) in [5.41, 5.74) is 1.90. The van der Waals surface area contributed by atoms with Gasteiger partial charge >= 0.3 is 0 Å². The summed E-state index contributed by atoms with van der Waals surface area (Å²) in [6, 6.07) is 8.19. The van der Waals surface area contributed by atoms with E-state index in [1.165, 1.54) is 18.4 Å². The molecule has 2 fully saturated rings. The van der Waals surface area contributed by atoms with Crippen molar-refractivity contribution in [3.63, 3.8) is 0 Å². The van der Waals surface area contributed by atoms with Gasteiger partial charge in [0.1, 0.15) is 0 Å². The fourth-order valence-corrected chi connectivity index (χ4v) is 4.03. The summed E-state index contributed by atoms with van der Waals surface area (Å²) in [6.07, 6.45) is 4.74. The number of hydrogen-bond acceptors (Lipinski definition) is 3. The molecule has 0 bridgehead atoms. The van der Waals surface area contributed by atoms with Gasteiger partial charge in [-0.05, 0) is 43.2 Å². The molecular formula is C18H24N2O2. The van der Waals surface area contributed by atoms with Crippen LogP contribution in [-0.2, 0) is 11.2 Å². The number of aliphatic hydroxyl groups is 1. The highest BCUT2D eigenvalue weighted by molar-refractivity contribution is 5.95. The summed E-state index contributed by atoms with van der Waals surface area (Å²) in [6.45, 7) is 3.26. The molecule has 3 aliphatic rings. The van der Waals surface area contributed by atoms with Crippen molar-refractivity contribution in [1.82, 2.24) is 4.90 Å². The number of carbonyl (C=O) groups is 1. The van der Waals surface area contributed by atoms with Crippen LogP contribution in [0.3, 0.4) is 0 Å². The first-order valence-electron chi connectivity index (χ1n) is 8.49. The molecule has 0 spiro atoms. The van der Waals surface area contributed by atoms with Gasteiger partial charge in [-0.2, -0.15) is 0 Å². The Morgan fingerprint density at radius 1 is 1.27 bits per heavy atom. The zero-order chi connectivity index (χ0) is 15.2. The van der Waals surface area contributed by atoms with Gasteiger partial charge in [0.25, 0.3) is 0 Å². The van der Waals surface area contributed by atoms with Gasteiger partial charge in [0.15, 0.2) is 0 Å². The Morgan fingerprint density at radius 2 is 2.09 bits per heavy atom. The molecule has 1 aromatic carbocycles. The topological polar surface area (TPSA) is 43.8 Å². The largest absolute Gasteiger partial charge is 0.388 e. The van der Waals surface area contributed by atoms with Crippen molar-refractivity contribution >= 4 is 11.6 Å². The molecule has 4 rings (SSSR count). The van der Waals surface area contributed by atoms with Crippen LogP contribution in [0.1, 0.15) is 31.2 Å². The lowest BCUT2D eigenvalue weighted by molar-refractivity contribution is -0.118. The second-order valence-electron chi connectivity index (χ2n) is 7.08. The van der Waals surface area contributed by atoms with E-state index in [0.29, 0.717) is 12.3 Å². The normalized spacial score (nSPS) is 28.1. The van der Waals surface area contributed by atoms with Crippen LogP contribution in [0.4, 0.5) is 5.69 Å². The van der Waals surface area contributed by atoms with Gasteiger partial charge < -0.3 is 10.0 Å². The Balaban J connectivity index is 1.32. The molecule has 1 saturated heterocycles. The predicted octanol–water partition coefficient (Wildman–Crippen LogP) is 1.81. The van der Waals surface area contributed by atoms with Gasteiger partial charge in [0.05, 0.1) is 5.60 Å². The monoisotopic (exact) mass is 300 g/mol. The summed E-state index contributed by atoms with van der Waals surface area (Å²) in [5, 5.41) is 10.6. The van der Waals surface area contributed by atoms with E-state index >= 15 is 0 Å². The molecule has 22 heavy (non-hydrogen) atoms. The highest BCUT2D eigenvalue weighted by Gasteiger charge is 2.47. The van der Waals surface area contributed by atoms with Gasteiger partial charge in [-0.3, -0.25) is 9.69 Å². The quantitative estimate of drug-likeness (QED) is 0.922. The first-order valence-corrected chi connectivity index (χ1v) is 8.49. The molecule has 4 nitrogen and oxygen atoms in total. The molecule has 0 radical (unpaired) electrons. The van der Waals surface area contributed by atoms with Crippen molar-refractivity contribution in [2.45, 2.75) is 37.7 Å². The lowest BCUT2D eigenvalue weighted by Gasteiger charge is -2.24. The van der Waals surface area contributed by atoms with Crippen LogP contribution >= 0.6 is 0 Å². The van der Waals surface area contributed by atoms with Crippen molar-refractivity contribution < 1.29 is 9.90 Å². The van der Waals surface area contributed by atoms with Gasteiger partial charge in [-0.1, -0.05) is 18.2 Å². The van der Waals surface area contributed by atoms with Crippen LogP contribution in [0.25, 0.3) is 0 Å². The lowest BCUT2D eigenvalue weighted by Crippen LogP contribution is -2.37. The number of anilines is 1. The minimum absolute atomic E-state index is 0.215. The van der Waals surface area contributed by atoms with E-state index in [1.807, 2.05) is 23.1 Å². The van der Waals surface area contributed by atoms with E-state index in [4.69, 9.17) is 0 Å². The SMILES string of the molecule is O=C(CCN1CCC(O)(C2CC2)C1)N1CCc2ccccc21. The number of amides is 1. The molecule has 4 heteroatoms. The van der Waals surface area contributed by atoms with E-state index < -0.39 is 5.60 Å². The van der Waals surface area contributed by atoms with Crippen molar-refractivity contribution in [2.75, 3.05) is 31.1 Å². The average molecular weight is 300 g/mol. The van der Waals surface area contributed by atoms with E-state index in [1.54, 1.807) is 0 Å². The molecule has 1 amide bonds. The highest BCUT2D eigenvalue weighted by atomic mass is 16.3. The van der Waals surface area contributed by atoms with Gasteiger partial charge in [0, 0.05) is 38.3 Å². The van der Waals surface area contributed by atoms with Crippen molar-refractivity contribution in [3.05, 3.63) is 29.8 Å². The second kappa shape index (κ2) is 5.36. The molecule has 118 valence electrons. The number of hydrogen-bond donors (Lipinski definition) is 1. The van der Waals surface area contributed by atoms with Gasteiger partial charge in [0.2, 0.25) is 5.91 Å². The highest BCUT2D eigenvalue weighted by Crippen LogP contribution is 2.44. The Hall–Kier alpha value is -1.39. The van der Waals surface area contributed by atoms with E-state index in [0.717, 1.165) is 44.7 Å². The maximum atomic E-state index is 12.5. The standard InChI is InChI=1S/C18H24N2O2/c21-17(20-11-7-14-3-1-2-4-16(14)20)8-10-19-12-9-18(22,13-19)15-5-6-15/h1-4,15,22H,5-13H2. The van der Waals surface area contributed by atoms with Crippen molar-refractivity contribution in [1.29, 1.82) is 0 Å². The molecule has 1 unspecified atom stereocenters. The number of benzene rings is 1. The minimum Gasteiger partial charge on any atom is -0.388 e. The molecule has 1 atom stereocenters. The third-order valence-electron chi connectivity index (χ3n) is 5.53. The van der Waals surface area contributed by atoms with Crippen LogP contribution in [0, 0.1) is 5.92 Å². The van der Waals surface area contributed by atoms with E-state index in [2.05, 4.69) is 11.0 Å². The van der Waals surface area contributed by atoms with E-state index in [9.17, 15) is 9.90 Å². The third-order valence-corrected chi connectivity index (χ3v) is 5.53. The van der Waals surface area contributed by atoms with Crippen LogP contribution in [-0.4, -0.2) is 47.7 Å². The number of carbonyl (C=O) groups excluding carboxylic acids is 1. The van der Waals surface area contributed by atoms with Crippen LogP contribution in [0.5, 0.6) is 0 Å². The predicted molar refractivity (Wildman–Crippen MR) is 85.8 cm³/mol. The number of fused-ring (bicyclic) bond motifs is 1. The van der Waals surface area contributed by atoms with Crippen molar-refractivity contribution in [2.24, 2.45) is 5.92 Å². The van der Waals surface area contributed by atoms with Crippen LogP contribution < -0.4 is 4.90 Å². The van der Waals surface area contributed by atoms with Gasteiger partial charge in [-0.25, -0.2) is 0 Å². The molecule has 0 aromatic heterocycles. The molecule has 1 aromatic rings. The third kappa shape index (κ3) is 2.55. The second-order valence-corrected chi connectivity index (χ2v) is 7.08. The molecule has 2 heterocycles. The Kier molecular flexibility index (Phi) is 3.46.